The lowest BCUT2D eigenvalue weighted by Crippen LogP contribution is -2.37. The molecule has 0 aromatic rings. The van der Waals surface area contributed by atoms with Gasteiger partial charge < -0.3 is 10.1 Å². The van der Waals surface area contributed by atoms with Crippen LogP contribution in [0.4, 0.5) is 13.2 Å². The molecule has 0 aliphatic heterocycles. The molecule has 0 atom stereocenters. The van der Waals surface area contributed by atoms with Crippen molar-refractivity contribution in [3.05, 3.63) is 0 Å². The van der Waals surface area contributed by atoms with Crippen LogP contribution in [0.5, 0.6) is 0 Å². The lowest BCUT2D eigenvalue weighted by Gasteiger charge is -2.21. The topological polar surface area (TPSA) is 38.3 Å². The Bertz CT molecular complexity index is 227. The number of alkyl halides is 3. The molecule has 96 valence electrons. The van der Waals surface area contributed by atoms with Crippen molar-refractivity contribution >= 4 is 5.97 Å². The third-order valence-corrected chi connectivity index (χ3v) is 2.12. The van der Waals surface area contributed by atoms with Crippen LogP contribution in [0, 0.1) is 5.41 Å². The van der Waals surface area contributed by atoms with Crippen molar-refractivity contribution in [1.29, 1.82) is 0 Å². The SMILES string of the molecule is COC(=O)C(C)(C)CNCCCC(F)(F)F. The maximum Gasteiger partial charge on any atom is 0.389 e. The Morgan fingerprint density at radius 1 is 1.31 bits per heavy atom. The summed E-state index contributed by atoms with van der Waals surface area (Å²) in [6, 6.07) is 0. The van der Waals surface area contributed by atoms with E-state index in [-0.39, 0.29) is 18.9 Å². The minimum atomic E-state index is -4.11. The first kappa shape index (κ1) is 15.2. The largest absolute Gasteiger partial charge is 0.469 e. The molecule has 0 unspecified atom stereocenters. The van der Waals surface area contributed by atoms with Gasteiger partial charge in [0.05, 0.1) is 12.5 Å². The number of carbonyl (C=O) groups excluding carboxylic acids is 1. The number of carbonyl (C=O) groups is 1. The van der Waals surface area contributed by atoms with Gasteiger partial charge in [-0.25, -0.2) is 0 Å². The number of ether oxygens (including phenoxy) is 1. The molecule has 0 saturated heterocycles. The van der Waals surface area contributed by atoms with Crippen LogP contribution in [0.3, 0.4) is 0 Å². The van der Waals surface area contributed by atoms with E-state index in [2.05, 4.69) is 10.1 Å². The highest BCUT2D eigenvalue weighted by molar-refractivity contribution is 5.75. The lowest BCUT2D eigenvalue weighted by atomic mass is 9.94. The molecule has 0 amide bonds. The molecule has 6 heteroatoms. The molecule has 0 radical (unpaired) electrons. The normalized spacial score (nSPS) is 12.6. The molecule has 1 N–H and O–H groups in total. The first-order valence-corrected chi connectivity index (χ1v) is 5.05. The molecule has 0 aromatic heterocycles. The van der Waals surface area contributed by atoms with E-state index >= 15 is 0 Å². The maximum atomic E-state index is 11.8. The minimum absolute atomic E-state index is 0.0146. The van der Waals surface area contributed by atoms with Crippen LogP contribution in [-0.4, -0.2) is 32.3 Å². The van der Waals surface area contributed by atoms with Gasteiger partial charge in [-0.15, -0.1) is 0 Å². The maximum absolute atomic E-state index is 11.8. The van der Waals surface area contributed by atoms with Crippen LogP contribution in [0.1, 0.15) is 26.7 Å². The van der Waals surface area contributed by atoms with E-state index in [4.69, 9.17) is 0 Å². The summed E-state index contributed by atoms with van der Waals surface area (Å²) in [5.74, 6) is -0.379. The Balaban J connectivity index is 3.70. The number of hydrogen-bond acceptors (Lipinski definition) is 3. The summed E-state index contributed by atoms with van der Waals surface area (Å²) in [5.41, 5.74) is -0.715. The molecule has 0 aliphatic carbocycles. The molecule has 0 heterocycles. The summed E-state index contributed by atoms with van der Waals surface area (Å²) < 4.78 is 40.0. The molecule has 0 rings (SSSR count). The van der Waals surface area contributed by atoms with Gasteiger partial charge in [0.2, 0.25) is 0 Å². The summed E-state index contributed by atoms with van der Waals surface area (Å²) >= 11 is 0. The van der Waals surface area contributed by atoms with Crippen LogP contribution in [-0.2, 0) is 9.53 Å². The molecular weight excluding hydrogens is 223 g/mol. The number of methoxy groups -OCH3 is 1. The van der Waals surface area contributed by atoms with Crippen molar-refractivity contribution < 1.29 is 22.7 Å². The second-order valence-electron chi connectivity index (χ2n) is 4.27. The van der Waals surface area contributed by atoms with Gasteiger partial charge in [0.15, 0.2) is 0 Å². The number of rotatable bonds is 6. The fourth-order valence-electron chi connectivity index (χ4n) is 1.16. The van der Waals surface area contributed by atoms with Gasteiger partial charge in [0.1, 0.15) is 0 Å². The third kappa shape index (κ3) is 6.66. The Labute approximate surface area is 93.3 Å². The van der Waals surface area contributed by atoms with Crippen LogP contribution < -0.4 is 5.32 Å². The predicted octanol–water partition coefficient (Wildman–Crippen LogP) is 2.12. The lowest BCUT2D eigenvalue weighted by molar-refractivity contribution is -0.150. The monoisotopic (exact) mass is 241 g/mol. The van der Waals surface area contributed by atoms with Gasteiger partial charge in [-0.3, -0.25) is 4.79 Å². The van der Waals surface area contributed by atoms with Crippen molar-refractivity contribution in [2.75, 3.05) is 20.2 Å². The van der Waals surface area contributed by atoms with E-state index in [9.17, 15) is 18.0 Å². The highest BCUT2D eigenvalue weighted by Crippen LogP contribution is 2.21. The van der Waals surface area contributed by atoms with E-state index in [1.54, 1.807) is 13.8 Å². The highest BCUT2D eigenvalue weighted by atomic mass is 19.4. The summed E-state index contributed by atoms with van der Waals surface area (Å²) in [4.78, 5) is 11.2. The van der Waals surface area contributed by atoms with Crippen LogP contribution in [0.2, 0.25) is 0 Å². The Morgan fingerprint density at radius 3 is 2.31 bits per heavy atom. The highest BCUT2D eigenvalue weighted by Gasteiger charge is 2.29. The predicted molar refractivity (Wildman–Crippen MR) is 54.0 cm³/mol. The first-order valence-electron chi connectivity index (χ1n) is 5.05. The Hall–Kier alpha value is -0.780. The fraction of sp³-hybridized carbons (Fsp3) is 0.900. The minimum Gasteiger partial charge on any atom is -0.469 e. The van der Waals surface area contributed by atoms with Crippen molar-refractivity contribution in [3.8, 4) is 0 Å². The van der Waals surface area contributed by atoms with Gasteiger partial charge >= 0.3 is 12.1 Å². The van der Waals surface area contributed by atoms with E-state index in [0.717, 1.165) is 0 Å². The molecule has 3 nitrogen and oxygen atoms in total. The molecule has 0 saturated carbocycles. The average molecular weight is 241 g/mol. The van der Waals surface area contributed by atoms with Gasteiger partial charge in [-0.2, -0.15) is 13.2 Å². The fourth-order valence-corrected chi connectivity index (χ4v) is 1.16. The van der Waals surface area contributed by atoms with E-state index in [1.807, 2.05) is 0 Å². The zero-order valence-corrected chi connectivity index (χ0v) is 9.78. The Morgan fingerprint density at radius 2 is 1.88 bits per heavy atom. The van der Waals surface area contributed by atoms with Crippen molar-refractivity contribution in [3.63, 3.8) is 0 Å². The smallest absolute Gasteiger partial charge is 0.389 e. The molecule has 0 aromatic carbocycles. The molecule has 0 spiro atoms. The van der Waals surface area contributed by atoms with E-state index in [1.165, 1.54) is 7.11 Å². The molecule has 0 bridgehead atoms. The van der Waals surface area contributed by atoms with Crippen molar-refractivity contribution in [1.82, 2.24) is 5.32 Å². The van der Waals surface area contributed by atoms with E-state index in [0.29, 0.717) is 6.54 Å². The van der Waals surface area contributed by atoms with Gasteiger partial charge in [0, 0.05) is 13.0 Å². The van der Waals surface area contributed by atoms with Crippen LogP contribution >= 0.6 is 0 Å². The quantitative estimate of drug-likeness (QED) is 0.572. The number of hydrogen-bond donors (Lipinski definition) is 1. The van der Waals surface area contributed by atoms with Gasteiger partial charge in [-0.05, 0) is 26.8 Å². The summed E-state index contributed by atoms with van der Waals surface area (Å²) in [5, 5.41) is 2.81. The number of esters is 1. The number of halogens is 3. The van der Waals surface area contributed by atoms with Crippen LogP contribution in [0.15, 0.2) is 0 Å². The zero-order valence-electron chi connectivity index (χ0n) is 9.78. The summed E-state index contributed by atoms with van der Waals surface area (Å²) in [6.07, 6.45) is -4.90. The average Bonchev–Trinajstić information content (AvgIpc) is 2.14. The summed E-state index contributed by atoms with van der Waals surface area (Å²) in [7, 11) is 1.29. The van der Waals surface area contributed by atoms with E-state index < -0.39 is 18.0 Å². The number of nitrogens with one attached hydrogen (secondary N) is 1. The zero-order chi connectivity index (χ0) is 12.8. The van der Waals surface area contributed by atoms with Gasteiger partial charge in [-0.1, -0.05) is 0 Å². The van der Waals surface area contributed by atoms with Crippen molar-refractivity contribution in [2.24, 2.45) is 5.41 Å². The van der Waals surface area contributed by atoms with Crippen molar-refractivity contribution in [2.45, 2.75) is 32.9 Å². The first-order chi connectivity index (χ1) is 7.19. The standard InChI is InChI=1S/C10H18F3NO2/c1-9(2,8(15)16-3)7-14-6-4-5-10(11,12)13/h14H,4-7H2,1-3H3. The second kappa shape index (κ2) is 6.08. The molecular formula is C10H18F3NO2. The second-order valence-corrected chi connectivity index (χ2v) is 4.27. The molecule has 0 fully saturated rings. The summed E-state index contributed by atoms with van der Waals surface area (Å²) in [6.45, 7) is 3.89. The van der Waals surface area contributed by atoms with Gasteiger partial charge in [0.25, 0.3) is 0 Å². The molecule has 16 heavy (non-hydrogen) atoms. The third-order valence-electron chi connectivity index (χ3n) is 2.12. The Kier molecular flexibility index (Phi) is 5.78. The van der Waals surface area contributed by atoms with Crippen LogP contribution in [0.25, 0.3) is 0 Å². The molecule has 0 aliphatic rings.